The highest BCUT2D eigenvalue weighted by atomic mass is 28.3. The summed E-state index contributed by atoms with van der Waals surface area (Å²) in [5, 5.41) is 2.45. The molecular formula is C10H28N4Si. The van der Waals surface area contributed by atoms with E-state index in [2.05, 4.69) is 47.3 Å². The van der Waals surface area contributed by atoms with Gasteiger partial charge in [0.25, 0.3) is 9.28 Å². The van der Waals surface area contributed by atoms with Gasteiger partial charge in [0.15, 0.2) is 0 Å². The van der Waals surface area contributed by atoms with E-state index in [4.69, 9.17) is 0 Å². The van der Waals surface area contributed by atoms with Crippen molar-refractivity contribution in [1.82, 2.24) is 19.6 Å². The summed E-state index contributed by atoms with van der Waals surface area (Å²) in [6.07, 6.45) is 0. The SMILES string of the molecule is CCN(CC(C)C)N(CC)[SiH](NC)NC. The first kappa shape index (κ1) is 15.1. The molecular weight excluding hydrogens is 204 g/mol. The van der Waals surface area contributed by atoms with Gasteiger partial charge in [-0.1, -0.05) is 27.7 Å². The molecule has 15 heavy (non-hydrogen) atoms. The molecule has 0 aliphatic rings. The highest BCUT2D eigenvalue weighted by molar-refractivity contribution is 6.49. The van der Waals surface area contributed by atoms with Gasteiger partial charge in [-0.25, -0.2) is 9.68 Å². The van der Waals surface area contributed by atoms with Gasteiger partial charge in [-0.2, -0.15) is 0 Å². The summed E-state index contributed by atoms with van der Waals surface area (Å²) in [5.74, 6) is 0.711. The third-order valence-electron chi connectivity index (χ3n) is 2.47. The molecule has 0 radical (unpaired) electrons. The third kappa shape index (κ3) is 5.08. The van der Waals surface area contributed by atoms with Crippen LogP contribution in [-0.4, -0.2) is 52.7 Å². The van der Waals surface area contributed by atoms with E-state index >= 15 is 0 Å². The fourth-order valence-electron chi connectivity index (χ4n) is 1.83. The minimum absolute atomic E-state index is 0.711. The molecule has 0 spiro atoms. The number of nitrogens with one attached hydrogen (secondary N) is 2. The molecule has 4 nitrogen and oxygen atoms in total. The summed E-state index contributed by atoms with van der Waals surface area (Å²) in [6.45, 7) is 12.3. The van der Waals surface area contributed by atoms with Crippen LogP contribution >= 0.6 is 0 Å². The molecule has 0 heterocycles. The molecule has 0 aromatic rings. The highest BCUT2D eigenvalue weighted by Gasteiger charge is 2.21. The van der Waals surface area contributed by atoms with Crippen molar-refractivity contribution in [2.75, 3.05) is 33.7 Å². The maximum atomic E-state index is 3.40. The minimum Gasteiger partial charge on any atom is -0.318 e. The minimum atomic E-state index is -1.18. The first-order chi connectivity index (χ1) is 7.10. The third-order valence-corrected chi connectivity index (χ3v) is 4.85. The van der Waals surface area contributed by atoms with E-state index in [-0.39, 0.29) is 0 Å². The zero-order valence-electron chi connectivity index (χ0n) is 11.2. The van der Waals surface area contributed by atoms with Crippen LogP contribution in [-0.2, 0) is 0 Å². The Morgan fingerprint density at radius 2 is 1.60 bits per heavy atom. The summed E-state index contributed by atoms with van der Waals surface area (Å²) in [7, 11) is 2.90. The molecule has 0 aromatic heterocycles. The van der Waals surface area contributed by atoms with Gasteiger partial charge in [-0.3, -0.25) is 0 Å². The van der Waals surface area contributed by atoms with Crippen LogP contribution in [0.25, 0.3) is 0 Å². The predicted molar refractivity (Wildman–Crippen MR) is 69.7 cm³/mol. The van der Waals surface area contributed by atoms with E-state index < -0.39 is 9.28 Å². The van der Waals surface area contributed by atoms with Crippen LogP contribution in [0.5, 0.6) is 0 Å². The molecule has 0 amide bonds. The highest BCUT2D eigenvalue weighted by Crippen LogP contribution is 2.03. The van der Waals surface area contributed by atoms with Crippen LogP contribution in [0.1, 0.15) is 27.7 Å². The predicted octanol–water partition coefficient (Wildman–Crippen LogP) is 0.357. The van der Waals surface area contributed by atoms with Crippen LogP contribution in [0.15, 0.2) is 0 Å². The molecule has 0 rings (SSSR count). The number of hydrazine groups is 1. The van der Waals surface area contributed by atoms with Crippen molar-refractivity contribution >= 4 is 9.28 Å². The fraction of sp³-hybridized carbons (Fsp3) is 1.00. The smallest absolute Gasteiger partial charge is 0.280 e. The largest absolute Gasteiger partial charge is 0.318 e. The molecule has 92 valence electrons. The topological polar surface area (TPSA) is 30.5 Å². The molecule has 0 aromatic carbocycles. The van der Waals surface area contributed by atoms with E-state index in [1.807, 2.05) is 14.1 Å². The van der Waals surface area contributed by atoms with Crippen LogP contribution in [0.2, 0.25) is 0 Å². The zero-order chi connectivity index (χ0) is 11.8. The van der Waals surface area contributed by atoms with Gasteiger partial charge >= 0.3 is 0 Å². The molecule has 0 unspecified atom stereocenters. The fourth-order valence-corrected chi connectivity index (χ4v) is 3.66. The van der Waals surface area contributed by atoms with E-state index in [0.29, 0.717) is 5.92 Å². The molecule has 2 N–H and O–H groups in total. The van der Waals surface area contributed by atoms with Crippen molar-refractivity contribution < 1.29 is 0 Å². The summed E-state index contributed by atoms with van der Waals surface area (Å²) in [4.78, 5) is 6.81. The van der Waals surface area contributed by atoms with Crippen LogP contribution < -0.4 is 9.96 Å². The lowest BCUT2D eigenvalue weighted by Gasteiger charge is -2.38. The molecule has 0 aliphatic heterocycles. The lowest BCUT2D eigenvalue weighted by atomic mass is 10.2. The van der Waals surface area contributed by atoms with Gasteiger partial charge in [0.2, 0.25) is 0 Å². The van der Waals surface area contributed by atoms with Crippen LogP contribution in [0.3, 0.4) is 0 Å². The number of nitrogens with zero attached hydrogens (tertiary/aromatic N) is 2. The summed E-state index contributed by atoms with van der Waals surface area (Å²) >= 11 is 0. The van der Waals surface area contributed by atoms with Gasteiger partial charge in [-0.15, -0.1) is 0 Å². The maximum absolute atomic E-state index is 3.40. The first-order valence-corrected chi connectivity index (χ1v) is 7.63. The monoisotopic (exact) mass is 232 g/mol. The molecule has 0 atom stereocenters. The molecule has 0 saturated carbocycles. The van der Waals surface area contributed by atoms with Crippen molar-refractivity contribution in [2.24, 2.45) is 5.92 Å². The molecule has 0 fully saturated rings. The zero-order valence-corrected chi connectivity index (χ0v) is 12.3. The van der Waals surface area contributed by atoms with Gasteiger partial charge in [0.05, 0.1) is 0 Å². The number of rotatable bonds is 8. The first-order valence-electron chi connectivity index (χ1n) is 5.96. The number of hydrogen-bond donors (Lipinski definition) is 2. The van der Waals surface area contributed by atoms with E-state index in [0.717, 1.165) is 19.6 Å². The quantitative estimate of drug-likeness (QED) is 0.467. The lowest BCUT2D eigenvalue weighted by Crippen LogP contribution is -2.63. The lowest BCUT2D eigenvalue weighted by molar-refractivity contribution is 0.0463. The summed E-state index contributed by atoms with van der Waals surface area (Å²) in [6, 6.07) is 0. The van der Waals surface area contributed by atoms with E-state index in [9.17, 15) is 0 Å². The Morgan fingerprint density at radius 3 is 1.87 bits per heavy atom. The Morgan fingerprint density at radius 1 is 1.07 bits per heavy atom. The van der Waals surface area contributed by atoms with Crippen LogP contribution in [0.4, 0.5) is 0 Å². The van der Waals surface area contributed by atoms with E-state index in [1.54, 1.807) is 0 Å². The summed E-state index contributed by atoms with van der Waals surface area (Å²) < 4.78 is 2.47. The van der Waals surface area contributed by atoms with Gasteiger partial charge in [0, 0.05) is 19.6 Å². The van der Waals surface area contributed by atoms with Crippen molar-refractivity contribution in [3.63, 3.8) is 0 Å². The van der Waals surface area contributed by atoms with Crippen molar-refractivity contribution in [3.8, 4) is 0 Å². The van der Waals surface area contributed by atoms with Gasteiger partial charge in [0.1, 0.15) is 0 Å². The van der Waals surface area contributed by atoms with Gasteiger partial charge < -0.3 is 9.96 Å². The number of hydrogen-bond acceptors (Lipinski definition) is 4. The summed E-state index contributed by atoms with van der Waals surface area (Å²) in [5.41, 5.74) is 0. The Hall–Kier alpha value is 0.0569. The molecule has 0 saturated heterocycles. The van der Waals surface area contributed by atoms with Gasteiger partial charge in [-0.05, 0) is 20.0 Å². The molecule has 0 aliphatic carbocycles. The Kier molecular flexibility index (Phi) is 8.27. The van der Waals surface area contributed by atoms with Crippen molar-refractivity contribution in [2.45, 2.75) is 27.7 Å². The van der Waals surface area contributed by atoms with Crippen molar-refractivity contribution in [1.29, 1.82) is 0 Å². The average molecular weight is 232 g/mol. The Bertz CT molecular complexity index is 150. The molecule has 0 bridgehead atoms. The molecule has 5 heteroatoms. The second-order valence-corrected chi connectivity index (χ2v) is 6.69. The normalized spacial score (nSPS) is 12.4. The Labute approximate surface area is 96.8 Å². The van der Waals surface area contributed by atoms with E-state index in [1.165, 1.54) is 0 Å². The van der Waals surface area contributed by atoms with Crippen molar-refractivity contribution in [3.05, 3.63) is 0 Å². The average Bonchev–Trinajstić information content (AvgIpc) is 2.22. The maximum Gasteiger partial charge on any atom is 0.280 e. The second-order valence-electron chi connectivity index (χ2n) is 4.13. The Balaban J connectivity index is 4.43. The standard InChI is InChI=1S/C10H28N4Si/c1-7-13(9-10(3)4)14(8-2)15(11-5)12-6/h10-12,15H,7-9H2,1-6H3. The van der Waals surface area contributed by atoms with Crippen LogP contribution in [0, 0.1) is 5.92 Å². The second kappa shape index (κ2) is 8.24.